The Morgan fingerprint density at radius 2 is 1.93 bits per heavy atom. The molecule has 0 bridgehead atoms. The van der Waals surface area contributed by atoms with Crippen molar-refractivity contribution in [2.24, 2.45) is 11.8 Å². The number of fused-ring (bicyclic) bond motifs is 1. The molecule has 152 valence electrons. The summed E-state index contributed by atoms with van der Waals surface area (Å²) < 4.78 is 5.49. The van der Waals surface area contributed by atoms with E-state index in [1.165, 1.54) is 17.5 Å². The molecule has 1 aliphatic heterocycles. The number of rotatable bonds is 6. The molecule has 1 N–H and O–H groups in total. The molecule has 0 spiro atoms. The zero-order valence-electron chi connectivity index (χ0n) is 17.1. The third-order valence-corrected chi connectivity index (χ3v) is 6.80. The zero-order valence-corrected chi connectivity index (χ0v) is 17.1. The molecule has 1 heterocycles. The van der Waals surface area contributed by atoms with E-state index in [-0.39, 0.29) is 5.92 Å². The van der Waals surface area contributed by atoms with Crippen LogP contribution >= 0.6 is 0 Å². The number of amides is 1. The van der Waals surface area contributed by atoms with Gasteiger partial charge < -0.3 is 14.5 Å². The number of benzene rings is 1. The predicted octanol–water partition coefficient (Wildman–Crippen LogP) is 1.89. The maximum Gasteiger partial charge on any atom is 0.226 e. The first kappa shape index (κ1) is 19.7. The lowest BCUT2D eigenvalue weighted by Crippen LogP contribution is -3.14. The first-order valence-corrected chi connectivity index (χ1v) is 11.2. The summed E-state index contributed by atoms with van der Waals surface area (Å²) in [5, 5.41) is 0. The molecule has 28 heavy (non-hydrogen) atoms. The van der Waals surface area contributed by atoms with Gasteiger partial charge in [-0.3, -0.25) is 4.79 Å². The van der Waals surface area contributed by atoms with E-state index >= 15 is 0 Å². The number of carbonyl (C=O) groups is 1. The highest BCUT2D eigenvalue weighted by molar-refractivity contribution is 5.79. The van der Waals surface area contributed by atoms with Crippen molar-refractivity contribution in [3.05, 3.63) is 47.5 Å². The van der Waals surface area contributed by atoms with Crippen LogP contribution < -0.4 is 4.90 Å². The summed E-state index contributed by atoms with van der Waals surface area (Å²) in [5.41, 5.74) is 2.82. The Labute approximate surface area is 169 Å². The summed E-state index contributed by atoms with van der Waals surface area (Å²) in [4.78, 5) is 17.3. The third kappa shape index (κ3) is 5.03. The summed E-state index contributed by atoms with van der Waals surface area (Å²) in [6.07, 6.45) is 11.1. The Bertz CT molecular complexity index is 681. The average Bonchev–Trinajstić information content (AvgIpc) is 2.77. The van der Waals surface area contributed by atoms with Gasteiger partial charge in [0, 0.05) is 12.5 Å². The van der Waals surface area contributed by atoms with Crippen LogP contribution in [0.1, 0.15) is 36.8 Å². The van der Waals surface area contributed by atoms with Gasteiger partial charge in [-0.25, -0.2) is 0 Å². The van der Waals surface area contributed by atoms with E-state index in [4.69, 9.17) is 4.74 Å². The summed E-state index contributed by atoms with van der Waals surface area (Å²) in [5.74, 6) is 1.19. The summed E-state index contributed by atoms with van der Waals surface area (Å²) >= 11 is 0. The molecule has 4 heteroatoms. The van der Waals surface area contributed by atoms with E-state index in [0.717, 1.165) is 78.0 Å². The maximum absolute atomic E-state index is 13.5. The first-order chi connectivity index (χ1) is 13.8. The molecule has 1 aromatic rings. The summed E-state index contributed by atoms with van der Waals surface area (Å²) in [7, 11) is 0. The number of morpholine rings is 1. The Balaban J connectivity index is 1.40. The van der Waals surface area contributed by atoms with Crippen LogP contribution in [-0.2, 0) is 22.4 Å². The van der Waals surface area contributed by atoms with Gasteiger partial charge in [0.15, 0.2) is 0 Å². The summed E-state index contributed by atoms with van der Waals surface area (Å²) in [6, 6.07) is 8.67. The van der Waals surface area contributed by atoms with Crippen molar-refractivity contribution in [3.8, 4) is 0 Å². The van der Waals surface area contributed by atoms with Crippen molar-refractivity contribution in [1.29, 1.82) is 0 Å². The molecule has 3 aliphatic rings. The van der Waals surface area contributed by atoms with E-state index < -0.39 is 0 Å². The number of nitrogens with one attached hydrogen (secondary N) is 1. The molecule has 0 saturated carbocycles. The second-order valence-electron chi connectivity index (χ2n) is 8.76. The molecule has 4 rings (SSSR count). The van der Waals surface area contributed by atoms with Crippen LogP contribution in [0, 0.1) is 11.8 Å². The van der Waals surface area contributed by atoms with Gasteiger partial charge in [0.05, 0.1) is 26.3 Å². The summed E-state index contributed by atoms with van der Waals surface area (Å²) in [6.45, 7) is 6.75. The standard InChI is InChI=1S/C24H34N2O2/c27-24(23-11-10-21-8-4-5-9-22(21)18-23)26(19-20-6-2-1-3-7-20)13-12-25-14-16-28-17-15-25/h1-2,4-5,8-9,20,23H,3,6-7,10-19H2/p+1/t20-,23+/m0/s1. The van der Waals surface area contributed by atoms with Crippen molar-refractivity contribution in [1.82, 2.24) is 4.90 Å². The van der Waals surface area contributed by atoms with Crippen molar-refractivity contribution in [2.75, 3.05) is 45.9 Å². The van der Waals surface area contributed by atoms with Crippen LogP contribution in [0.5, 0.6) is 0 Å². The molecular weight excluding hydrogens is 348 g/mol. The fourth-order valence-electron chi connectivity index (χ4n) is 5.00. The minimum atomic E-state index is 0.161. The fraction of sp³-hybridized carbons (Fsp3) is 0.625. The Kier molecular flexibility index (Phi) is 6.81. The third-order valence-electron chi connectivity index (χ3n) is 6.80. The highest BCUT2D eigenvalue weighted by atomic mass is 16.5. The predicted molar refractivity (Wildman–Crippen MR) is 111 cm³/mol. The molecule has 0 aromatic heterocycles. The fourth-order valence-corrected chi connectivity index (χ4v) is 5.00. The molecule has 0 unspecified atom stereocenters. The SMILES string of the molecule is O=C([C@@H]1CCc2ccccc2C1)N(CC[NH+]1CCOCC1)C[C@H]1CC=CCC1. The Morgan fingerprint density at radius 1 is 1.11 bits per heavy atom. The number of allylic oxidation sites excluding steroid dienone is 2. The highest BCUT2D eigenvalue weighted by Crippen LogP contribution is 2.28. The molecule has 1 fully saturated rings. The lowest BCUT2D eigenvalue weighted by molar-refractivity contribution is -0.907. The monoisotopic (exact) mass is 383 g/mol. The molecule has 2 atom stereocenters. The maximum atomic E-state index is 13.5. The molecular formula is C24H35N2O2+. The Hall–Kier alpha value is -1.65. The number of ether oxygens (including phenoxy) is 1. The van der Waals surface area contributed by atoms with Crippen LogP contribution in [0.3, 0.4) is 0 Å². The van der Waals surface area contributed by atoms with Crippen molar-refractivity contribution >= 4 is 5.91 Å². The van der Waals surface area contributed by atoms with E-state index in [1.807, 2.05) is 0 Å². The molecule has 1 amide bonds. The number of aryl methyl sites for hydroxylation is 1. The number of nitrogens with zero attached hydrogens (tertiary/aromatic N) is 1. The van der Waals surface area contributed by atoms with Crippen molar-refractivity contribution < 1.29 is 14.4 Å². The first-order valence-electron chi connectivity index (χ1n) is 11.2. The number of carbonyl (C=O) groups excluding carboxylic acids is 1. The van der Waals surface area contributed by atoms with E-state index in [1.54, 1.807) is 4.90 Å². The largest absolute Gasteiger partial charge is 0.370 e. The van der Waals surface area contributed by atoms with Crippen LogP contribution in [0.4, 0.5) is 0 Å². The lowest BCUT2D eigenvalue weighted by Gasteiger charge is -2.34. The van der Waals surface area contributed by atoms with Crippen LogP contribution in [0.2, 0.25) is 0 Å². The van der Waals surface area contributed by atoms with Crippen molar-refractivity contribution in [3.63, 3.8) is 0 Å². The van der Waals surface area contributed by atoms with Gasteiger partial charge >= 0.3 is 0 Å². The van der Waals surface area contributed by atoms with Gasteiger partial charge in [0.2, 0.25) is 5.91 Å². The minimum Gasteiger partial charge on any atom is -0.370 e. The van der Waals surface area contributed by atoms with E-state index in [0.29, 0.717) is 11.8 Å². The van der Waals surface area contributed by atoms with Crippen molar-refractivity contribution in [2.45, 2.75) is 38.5 Å². The molecule has 1 saturated heterocycles. The number of hydrogen-bond acceptors (Lipinski definition) is 2. The van der Waals surface area contributed by atoms with E-state index in [2.05, 4.69) is 41.3 Å². The Morgan fingerprint density at radius 3 is 2.71 bits per heavy atom. The normalized spacial score (nSPS) is 25.3. The quantitative estimate of drug-likeness (QED) is 0.762. The minimum absolute atomic E-state index is 0.161. The molecule has 4 nitrogen and oxygen atoms in total. The average molecular weight is 384 g/mol. The lowest BCUT2D eigenvalue weighted by atomic mass is 9.83. The number of hydrogen-bond donors (Lipinski definition) is 1. The topological polar surface area (TPSA) is 34.0 Å². The van der Waals surface area contributed by atoms with Crippen LogP contribution in [0.15, 0.2) is 36.4 Å². The van der Waals surface area contributed by atoms with E-state index in [9.17, 15) is 4.79 Å². The van der Waals surface area contributed by atoms with Gasteiger partial charge in [-0.15, -0.1) is 0 Å². The van der Waals surface area contributed by atoms with Gasteiger partial charge in [-0.05, 0) is 55.6 Å². The van der Waals surface area contributed by atoms with Gasteiger partial charge in [-0.2, -0.15) is 0 Å². The van der Waals surface area contributed by atoms with Crippen LogP contribution in [-0.4, -0.2) is 56.7 Å². The smallest absolute Gasteiger partial charge is 0.226 e. The van der Waals surface area contributed by atoms with Crippen LogP contribution in [0.25, 0.3) is 0 Å². The highest BCUT2D eigenvalue weighted by Gasteiger charge is 2.30. The molecule has 1 aromatic carbocycles. The second-order valence-corrected chi connectivity index (χ2v) is 8.76. The van der Waals surface area contributed by atoms with Gasteiger partial charge in [0.1, 0.15) is 13.1 Å². The number of quaternary nitrogens is 1. The molecule has 2 aliphatic carbocycles. The molecule has 0 radical (unpaired) electrons. The van der Waals surface area contributed by atoms with Gasteiger partial charge in [0.25, 0.3) is 0 Å². The zero-order chi connectivity index (χ0) is 19.2. The second kappa shape index (κ2) is 9.71. The van der Waals surface area contributed by atoms with Gasteiger partial charge in [-0.1, -0.05) is 36.4 Å².